The number of alkyl halides is 3. The predicted octanol–water partition coefficient (Wildman–Crippen LogP) is 7.20. The van der Waals surface area contributed by atoms with Gasteiger partial charge < -0.3 is 20.7 Å². The summed E-state index contributed by atoms with van der Waals surface area (Å²) in [5, 5.41) is 6.68. The molecule has 3 aromatic carbocycles. The van der Waals surface area contributed by atoms with Crippen LogP contribution in [0.15, 0.2) is 53.4 Å². The number of hydrogen-bond acceptors (Lipinski definition) is 4. The molecule has 0 saturated carbocycles. The predicted molar refractivity (Wildman–Crippen MR) is 135 cm³/mol. The molecule has 38 heavy (non-hydrogen) atoms. The Bertz CT molecular complexity index is 1340. The van der Waals surface area contributed by atoms with Crippen LogP contribution in [-0.2, 0) is 11.0 Å². The van der Waals surface area contributed by atoms with Gasteiger partial charge in [-0.2, -0.15) is 13.2 Å². The molecule has 5 nitrogen and oxygen atoms in total. The molecule has 0 aromatic heterocycles. The minimum Gasteiger partial charge on any atom is -0.495 e. The van der Waals surface area contributed by atoms with Crippen LogP contribution in [0, 0.1) is 23.3 Å². The number of amides is 1. The molecule has 14 heteroatoms. The van der Waals surface area contributed by atoms with E-state index in [1.54, 1.807) is 53.8 Å². The van der Waals surface area contributed by atoms with Crippen LogP contribution in [0.2, 0.25) is 0 Å². The summed E-state index contributed by atoms with van der Waals surface area (Å²) in [6.07, 6.45) is -5.69. The Morgan fingerprint density at radius 3 is 2.16 bits per heavy atom. The smallest absolute Gasteiger partial charge is 0.422 e. The fraction of sp³-hybridized carbons (Fsp3) is 0.167. The molecule has 0 aliphatic rings. The molecular weight excluding hydrogens is 559 g/mol. The second-order valence-corrected chi connectivity index (χ2v) is 9.38. The first kappa shape index (κ1) is 29.0. The standard InChI is InChI=1S/C24H18F7N3O2S2/c1-11(22(35)34-21-19(27)17(25)16(24(29,30)31)18(26)20(21)28)38-13-7-5-6-12(10-13)32-23(37)33-14-8-3-4-9-15(14)36-2/h3-11H,1-2H3,(H,34,35)(H2,32,33,37). The average Bonchev–Trinajstić information content (AvgIpc) is 2.85. The first-order valence-electron chi connectivity index (χ1n) is 10.5. The number of carbonyl (C=O) groups excluding carboxylic acids is 1. The Hall–Kier alpha value is -3.52. The molecule has 3 aromatic rings. The fourth-order valence-corrected chi connectivity index (χ4v) is 4.31. The van der Waals surface area contributed by atoms with E-state index in [9.17, 15) is 35.5 Å². The van der Waals surface area contributed by atoms with Crippen LogP contribution in [0.3, 0.4) is 0 Å². The highest BCUT2D eigenvalue weighted by atomic mass is 32.2. The number of methoxy groups -OCH3 is 1. The summed E-state index contributed by atoms with van der Waals surface area (Å²) in [5.74, 6) is -10.6. The monoisotopic (exact) mass is 577 g/mol. The van der Waals surface area contributed by atoms with E-state index in [-0.39, 0.29) is 5.11 Å². The number of anilines is 3. The molecule has 3 rings (SSSR count). The van der Waals surface area contributed by atoms with E-state index in [4.69, 9.17) is 17.0 Å². The lowest BCUT2D eigenvalue weighted by atomic mass is 10.1. The van der Waals surface area contributed by atoms with Gasteiger partial charge in [-0.3, -0.25) is 4.79 Å². The molecule has 1 amide bonds. The van der Waals surface area contributed by atoms with E-state index in [1.165, 1.54) is 14.0 Å². The average molecular weight is 578 g/mol. The Morgan fingerprint density at radius 2 is 1.55 bits per heavy atom. The van der Waals surface area contributed by atoms with E-state index in [0.29, 0.717) is 22.0 Å². The number of nitrogens with one attached hydrogen (secondary N) is 3. The molecule has 0 radical (unpaired) electrons. The van der Waals surface area contributed by atoms with Gasteiger partial charge in [-0.15, -0.1) is 11.8 Å². The van der Waals surface area contributed by atoms with Crippen molar-refractivity contribution in [3.05, 3.63) is 77.4 Å². The third kappa shape index (κ3) is 6.67. The molecule has 0 heterocycles. The van der Waals surface area contributed by atoms with Crippen molar-refractivity contribution in [3.8, 4) is 5.75 Å². The van der Waals surface area contributed by atoms with Crippen molar-refractivity contribution in [1.82, 2.24) is 0 Å². The second-order valence-electron chi connectivity index (χ2n) is 7.56. The van der Waals surface area contributed by atoms with Crippen molar-refractivity contribution in [3.63, 3.8) is 0 Å². The van der Waals surface area contributed by atoms with E-state index >= 15 is 0 Å². The van der Waals surface area contributed by atoms with Gasteiger partial charge >= 0.3 is 6.18 Å². The normalized spacial score (nSPS) is 12.0. The van der Waals surface area contributed by atoms with E-state index in [1.807, 2.05) is 0 Å². The SMILES string of the molecule is COc1ccccc1NC(=S)Nc1cccc(SC(C)C(=O)Nc2c(F)c(F)c(C(F)(F)F)c(F)c2F)c1. The molecule has 202 valence electrons. The van der Waals surface area contributed by atoms with Crippen LogP contribution in [0.25, 0.3) is 0 Å². The third-order valence-corrected chi connectivity index (χ3v) is 6.22. The molecule has 0 spiro atoms. The second kappa shape index (κ2) is 11.9. The lowest BCUT2D eigenvalue weighted by molar-refractivity contribution is -0.143. The van der Waals surface area contributed by atoms with Crippen LogP contribution >= 0.6 is 24.0 Å². The summed E-state index contributed by atoms with van der Waals surface area (Å²) >= 11 is 6.20. The van der Waals surface area contributed by atoms with Crippen LogP contribution in [0.5, 0.6) is 5.75 Å². The minimum absolute atomic E-state index is 0.222. The van der Waals surface area contributed by atoms with Gasteiger partial charge in [0, 0.05) is 10.6 Å². The van der Waals surface area contributed by atoms with Gasteiger partial charge in [-0.05, 0) is 49.5 Å². The summed E-state index contributed by atoms with van der Waals surface area (Å²) < 4.78 is 99.5. The molecule has 0 bridgehead atoms. The van der Waals surface area contributed by atoms with Gasteiger partial charge in [0.05, 0.1) is 18.0 Å². The van der Waals surface area contributed by atoms with Crippen LogP contribution < -0.4 is 20.7 Å². The maximum Gasteiger partial charge on any atom is 0.422 e. The van der Waals surface area contributed by atoms with Gasteiger partial charge in [0.2, 0.25) is 5.91 Å². The largest absolute Gasteiger partial charge is 0.495 e. The molecular formula is C24H18F7N3O2S2. The van der Waals surface area contributed by atoms with Crippen molar-refractivity contribution in [2.24, 2.45) is 0 Å². The topological polar surface area (TPSA) is 62.4 Å². The van der Waals surface area contributed by atoms with Crippen LogP contribution in [0.4, 0.5) is 47.8 Å². The molecule has 0 saturated heterocycles. The molecule has 1 unspecified atom stereocenters. The van der Waals surface area contributed by atoms with Gasteiger partial charge in [0.15, 0.2) is 28.4 Å². The Balaban J connectivity index is 1.70. The van der Waals surface area contributed by atoms with Gasteiger partial charge in [0.1, 0.15) is 17.0 Å². The highest BCUT2D eigenvalue weighted by molar-refractivity contribution is 8.00. The number of carbonyl (C=O) groups is 1. The number of thioether (sulfide) groups is 1. The Labute approximate surface area is 221 Å². The first-order valence-corrected chi connectivity index (χ1v) is 11.8. The maximum atomic E-state index is 14.1. The molecule has 3 N–H and O–H groups in total. The zero-order valence-electron chi connectivity index (χ0n) is 19.5. The lowest BCUT2D eigenvalue weighted by Gasteiger charge is -2.17. The zero-order chi connectivity index (χ0) is 28.2. The minimum atomic E-state index is -5.69. The molecule has 0 aliphatic heterocycles. The van der Waals surface area contributed by atoms with Crippen molar-refractivity contribution in [2.75, 3.05) is 23.1 Å². The summed E-state index contributed by atoms with van der Waals surface area (Å²) in [6, 6.07) is 13.6. The number of para-hydroxylation sites is 2. The fourth-order valence-electron chi connectivity index (χ4n) is 3.15. The lowest BCUT2D eigenvalue weighted by Crippen LogP contribution is -2.25. The maximum absolute atomic E-state index is 14.1. The third-order valence-electron chi connectivity index (χ3n) is 4.92. The van der Waals surface area contributed by atoms with Crippen molar-refractivity contribution in [1.29, 1.82) is 0 Å². The molecule has 0 fully saturated rings. The van der Waals surface area contributed by atoms with Crippen molar-refractivity contribution >= 4 is 52.1 Å². The number of thiocarbonyl (C=S) groups is 1. The summed E-state index contributed by atoms with van der Waals surface area (Å²) in [7, 11) is 1.50. The van der Waals surface area contributed by atoms with Gasteiger partial charge in [0.25, 0.3) is 0 Å². The Kier molecular flexibility index (Phi) is 9.09. The summed E-state index contributed by atoms with van der Waals surface area (Å²) in [6.45, 7) is 1.32. The van der Waals surface area contributed by atoms with E-state index in [0.717, 1.165) is 11.8 Å². The highest BCUT2D eigenvalue weighted by Gasteiger charge is 2.42. The number of ether oxygens (including phenoxy) is 1. The van der Waals surface area contributed by atoms with Gasteiger partial charge in [-0.25, -0.2) is 17.6 Å². The quantitative estimate of drug-likeness (QED) is 0.120. The van der Waals surface area contributed by atoms with Crippen molar-refractivity contribution < 1.29 is 40.3 Å². The first-order chi connectivity index (χ1) is 17.8. The summed E-state index contributed by atoms with van der Waals surface area (Å²) in [4.78, 5) is 13.0. The molecule has 1 atom stereocenters. The van der Waals surface area contributed by atoms with E-state index in [2.05, 4.69) is 10.6 Å². The molecule has 0 aliphatic carbocycles. The van der Waals surface area contributed by atoms with E-state index < -0.39 is 51.9 Å². The van der Waals surface area contributed by atoms with Crippen LogP contribution in [0.1, 0.15) is 12.5 Å². The van der Waals surface area contributed by atoms with Gasteiger partial charge in [-0.1, -0.05) is 18.2 Å². The zero-order valence-corrected chi connectivity index (χ0v) is 21.1. The highest BCUT2D eigenvalue weighted by Crippen LogP contribution is 2.39. The number of rotatable bonds is 7. The van der Waals surface area contributed by atoms with Crippen molar-refractivity contribution in [2.45, 2.75) is 23.2 Å². The Morgan fingerprint density at radius 1 is 0.921 bits per heavy atom. The number of halogens is 7. The number of hydrogen-bond donors (Lipinski definition) is 3. The van der Waals surface area contributed by atoms with Crippen LogP contribution in [-0.4, -0.2) is 23.4 Å². The number of benzene rings is 3. The summed E-state index contributed by atoms with van der Waals surface area (Å²) in [5.41, 5.74) is -3.26.